The number of hydrogen-bond acceptors (Lipinski definition) is 1. The first-order valence-corrected chi connectivity index (χ1v) is 7.36. The van der Waals surface area contributed by atoms with Crippen LogP contribution in [0.15, 0.2) is 24.3 Å². The predicted octanol–water partition coefficient (Wildman–Crippen LogP) is 4.42. The SMILES string of the molecule is CSCc1cccc(C2CCCC2Cl)c1. The second-order valence-corrected chi connectivity index (χ2v) is 5.66. The van der Waals surface area contributed by atoms with E-state index in [0.29, 0.717) is 11.3 Å². The zero-order valence-electron chi connectivity index (χ0n) is 9.08. The lowest BCUT2D eigenvalue weighted by atomic mass is 9.96. The Morgan fingerprint density at radius 3 is 2.93 bits per heavy atom. The highest BCUT2D eigenvalue weighted by atomic mass is 35.5. The number of alkyl halides is 1. The van der Waals surface area contributed by atoms with Crippen LogP contribution in [0.5, 0.6) is 0 Å². The largest absolute Gasteiger partial charge is 0.161 e. The molecule has 0 N–H and O–H groups in total. The molecule has 0 heterocycles. The van der Waals surface area contributed by atoms with Crippen LogP contribution in [0.3, 0.4) is 0 Å². The molecule has 0 aliphatic heterocycles. The minimum absolute atomic E-state index is 0.356. The van der Waals surface area contributed by atoms with Crippen LogP contribution in [0.1, 0.15) is 36.3 Å². The van der Waals surface area contributed by atoms with E-state index in [1.165, 1.54) is 30.4 Å². The van der Waals surface area contributed by atoms with Crippen molar-refractivity contribution in [1.82, 2.24) is 0 Å². The summed E-state index contributed by atoms with van der Waals surface area (Å²) in [5, 5.41) is 0.356. The van der Waals surface area contributed by atoms with Crippen LogP contribution in [-0.4, -0.2) is 11.6 Å². The average molecular weight is 241 g/mol. The van der Waals surface area contributed by atoms with Gasteiger partial charge in [-0.25, -0.2) is 0 Å². The van der Waals surface area contributed by atoms with Crippen LogP contribution in [0.2, 0.25) is 0 Å². The van der Waals surface area contributed by atoms with Crippen molar-refractivity contribution >= 4 is 23.4 Å². The van der Waals surface area contributed by atoms with Gasteiger partial charge in [0, 0.05) is 17.0 Å². The van der Waals surface area contributed by atoms with Crippen LogP contribution >= 0.6 is 23.4 Å². The van der Waals surface area contributed by atoms with Crippen molar-refractivity contribution in [3.8, 4) is 0 Å². The summed E-state index contributed by atoms with van der Waals surface area (Å²) < 4.78 is 0. The van der Waals surface area contributed by atoms with Crippen LogP contribution in [0, 0.1) is 0 Å². The molecule has 1 saturated carbocycles. The highest BCUT2D eigenvalue weighted by Crippen LogP contribution is 2.38. The first kappa shape index (κ1) is 11.3. The molecule has 0 aromatic heterocycles. The van der Waals surface area contributed by atoms with E-state index < -0.39 is 0 Å². The maximum atomic E-state index is 6.34. The van der Waals surface area contributed by atoms with E-state index in [9.17, 15) is 0 Å². The molecule has 1 aliphatic rings. The monoisotopic (exact) mass is 240 g/mol. The molecule has 0 spiro atoms. The molecule has 0 bridgehead atoms. The minimum atomic E-state index is 0.356. The fourth-order valence-corrected chi connectivity index (χ4v) is 3.31. The van der Waals surface area contributed by atoms with Crippen molar-refractivity contribution in [2.45, 2.75) is 36.3 Å². The average Bonchev–Trinajstić information content (AvgIpc) is 2.65. The van der Waals surface area contributed by atoms with E-state index in [1.54, 1.807) is 0 Å². The molecule has 2 unspecified atom stereocenters. The van der Waals surface area contributed by atoms with E-state index in [4.69, 9.17) is 11.6 Å². The number of rotatable bonds is 3. The van der Waals surface area contributed by atoms with Crippen LogP contribution in [0.4, 0.5) is 0 Å². The molecule has 1 aliphatic carbocycles. The zero-order valence-corrected chi connectivity index (χ0v) is 10.7. The lowest BCUT2D eigenvalue weighted by Crippen LogP contribution is -2.05. The molecule has 2 rings (SSSR count). The third kappa shape index (κ3) is 2.70. The van der Waals surface area contributed by atoms with E-state index in [-0.39, 0.29) is 0 Å². The summed E-state index contributed by atoms with van der Waals surface area (Å²) >= 11 is 8.21. The number of hydrogen-bond donors (Lipinski definition) is 0. The van der Waals surface area contributed by atoms with Crippen molar-refractivity contribution in [2.24, 2.45) is 0 Å². The van der Waals surface area contributed by atoms with E-state index in [1.807, 2.05) is 11.8 Å². The van der Waals surface area contributed by atoms with E-state index in [0.717, 1.165) is 5.75 Å². The molecule has 1 aromatic rings. The summed E-state index contributed by atoms with van der Waals surface area (Å²) in [6.45, 7) is 0. The van der Waals surface area contributed by atoms with Gasteiger partial charge in [-0.2, -0.15) is 11.8 Å². The highest BCUT2D eigenvalue weighted by molar-refractivity contribution is 7.97. The van der Waals surface area contributed by atoms with Gasteiger partial charge in [0.15, 0.2) is 0 Å². The fourth-order valence-electron chi connectivity index (χ4n) is 2.37. The molecule has 0 saturated heterocycles. The lowest BCUT2D eigenvalue weighted by molar-refractivity contribution is 0.729. The summed E-state index contributed by atoms with van der Waals surface area (Å²) in [4.78, 5) is 0. The molecular weight excluding hydrogens is 224 g/mol. The Labute approximate surface area is 101 Å². The Balaban J connectivity index is 2.16. The van der Waals surface area contributed by atoms with Gasteiger partial charge in [-0.1, -0.05) is 30.7 Å². The van der Waals surface area contributed by atoms with Crippen molar-refractivity contribution in [2.75, 3.05) is 6.26 Å². The molecular formula is C13H17ClS. The van der Waals surface area contributed by atoms with Gasteiger partial charge in [-0.15, -0.1) is 11.6 Å². The number of benzene rings is 1. The van der Waals surface area contributed by atoms with Gasteiger partial charge in [0.25, 0.3) is 0 Å². The molecule has 2 heteroatoms. The summed E-state index contributed by atoms with van der Waals surface area (Å²) in [6.07, 6.45) is 5.87. The minimum Gasteiger partial charge on any atom is -0.161 e. The normalized spacial score (nSPS) is 25.7. The Bertz CT molecular complexity index is 324. The molecule has 1 aromatic carbocycles. The first-order valence-electron chi connectivity index (χ1n) is 5.53. The fraction of sp³-hybridized carbons (Fsp3) is 0.538. The van der Waals surface area contributed by atoms with Gasteiger partial charge in [0.1, 0.15) is 0 Å². The van der Waals surface area contributed by atoms with Crippen LogP contribution < -0.4 is 0 Å². The predicted molar refractivity (Wildman–Crippen MR) is 69.9 cm³/mol. The maximum absolute atomic E-state index is 6.34. The quantitative estimate of drug-likeness (QED) is 0.705. The zero-order chi connectivity index (χ0) is 10.7. The van der Waals surface area contributed by atoms with Crippen molar-refractivity contribution < 1.29 is 0 Å². The van der Waals surface area contributed by atoms with Gasteiger partial charge < -0.3 is 0 Å². The third-order valence-corrected chi connectivity index (χ3v) is 4.27. The molecule has 0 radical (unpaired) electrons. The van der Waals surface area contributed by atoms with Crippen molar-refractivity contribution in [1.29, 1.82) is 0 Å². The molecule has 82 valence electrons. The van der Waals surface area contributed by atoms with Gasteiger partial charge >= 0.3 is 0 Å². The standard InChI is InChI=1S/C13H17ClS/c1-15-9-10-4-2-5-11(8-10)12-6-3-7-13(12)14/h2,4-5,8,12-13H,3,6-7,9H2,1H3. The summed E-state index contributed by atoms with van der Waals surface area (Å²) in [7, 11) is 0. The van der Waals surface area contributed by atoms with Gasteiger partial charge in [0.2, 0.25) is 0 Å². The second kappa shape index (κ2) is 5.27. The smallest absolute Gasteiger partial charge is 0.0404 e. The molecule has 0 nitrogen and oxygen atoms in total. The lowest BCUT2D eigenvalue weighted by Gasteiger charge is -2.14. The molecule has 2 atom stereocenters. The Kier molecular flexibility index (Phi) is 3.99. The van der Waals surface area contributed by atoms with Crippen LogP contribution in [0.25, 0.3) is 0 Å². The highest BCUT2D eigenvalue weighted by Gasteiger charge is 2.26. The second-order valence-electron chi connectivity index (χ2n) is 4.23. The first-order chi connectivity index (χ1) is 7.31. The van der Waals surface area contributed by atoms with E-state index >= 15 is 0 Å². The summed E-state index contributed by atoms with van der Waals surface area (Å²) in [6, 6.07) is 8.94. The maximum Gasteiger partial charge on any atom is 0.0404 e. The van der Waals surface area contributed by atoms with Crippen molar-refractivity contribution in [3.63, 3.8) is 0 Å². The van der Waals surface area contributed by atoms with Gasteiger partial charge in [0.05, 0.1) is 0 Å². The van der Waals surface area contributed by atoms with E-state index in [2.05, 4.69) is 30.5 Å². The van der Waals surface area contributed by atoms with Crippen LogP contribution in [-0.2, 0) is 5.75 Å². The summed E-state index contributed by atoms with van der Waals surface area (Å²) in [5.41, 5.74) is 2.87. The molecule has 1 fully saturated rings. The summed E-state index contributed by atoms with van der Waals surface area (Å²) in [5.74, 6) is 1.70. The number of halogens is 1. The Morgan fingerprint density at radius 2 is 2.27 bits per heavy atom. The topological polar surface area (TPSA) is 0 Å². The molecule has 15 heavy (non-hydrogen) atoms. The van der Waals surface area contributed by atoms with Gasteiger partial charge in [-0.3, -0.25) is 0 Å². The van der Waals surface area contributed by atoms with Gasteiger partial charge in [-0.05, 0) is 30.2 Å². The Morgan fingerprint density at radius 1 is 1.40 bits per heavy atom. The third-order valence-electron chi connectivity index (χ3n) is 3.12. The van der Waals surface area contributed by atoms with Crippen molar-refractivity contribution in [3.05, 3.63) is 35.4 Å². The number of thioether (sulfide) groups is 1. The Hall–Kier alpha value is -0.140. The molecule has 0 amide bonds.